The Morgan fingerprint density at radius 3 is 2.78 bits per heavy atom. The summed E-state index contributed by atoms with van der Waals surface area (Å²) in [5, 5.41) is 2.54. The van der Waals surface area contributed by atoms with Crippen molar-refractivity contribution in [2.45, 2.75) is 19.4 Å². The number of hydrogen-bond acceptors (Lipinski definition) is 2. The normalized spacial score (nSPS) is 12.7. The fraction of sp³-hybridized carbons (Fsp3) is 0.833. The highest BCUT2D eigenvalue weighted by Gasteiger charge is 2.00. The molecule has 3 heteroatoms. The number of carbonyl (C=O) groups excluding carboxylic acids is 1. The molecule has 54 valence electrons. The molecule has 0 aliphatic heterocycles. The van der Waals surface area contributed by atoms with Crippen molar-refractivity contribution in [3.63, 3.8) is 0 Å². The Balaban J connectivity index is 3.19. The second-order valence-electron chi connectivity index (χ2n) is 1.79. The molecule has 9 heavy (non-hydrogen) atoms. The Labute approximate surface area is 55.4 Å². The zero-order valence-corrected chi connectivity index (χ0v) is 5.89. The standard InChI is InChI=1S/C6H13NO2/c1-3-6(9-2)4-7-5-8/h5-6H,3-4H2,1-2H3,(H,7,8)/t6-/m0/s1. The van der Waals surface area contributed by atoms with Crippen molar-refractivity contribution in [1.82, 2.24) is 5.32 Å². The molecule has 0 saturated heterocycles. The van der Waals surface area contributed by atoms with Crippen LogP contribution in [0.3, 0.4) is 0 Å². The molecule has 1 N–H and O–H groups in total. The average molecular weight is 131 g/mol. The summed E-state index contributed by atoms with van der Waals surface area (Å²) in [4.78, 5) is 9.77. The molecule has 0 aliphatic rings. The van der Waals surface area contributed by atoms with Crippen molar-refractivity contribution in [3.05, 3.63) is 0 Å². The van der Waals surface area contributed by atoms with Gasteiger partial charge < -0.3 is 10.1 Å². The van der Waals surface area contributed by atoms with Crippen LogP contribution in [0.1, 0.15) is 13.3 Å². The number of amides is 1. The van der Waals surface area contributed by atoms with Gasteiger partial charge >= 0.3 is 0 Å². The topological polar surface area (TPSA) is 38.3 Å². The maximum Gasteiger partial charge on any atom is 0.207 e. The average Bonchev–Trinajstić information content (AvgIpc) is 1.91. The van der Waals surface area contributed by atoms with E-state index in [4.69, 9.17) is 4.74 Å². The summed E-state index contributed by atoms with van der Waals surface area (Å²) in [5.41, 5.74) is 0. The lowest BCUT2D eigenvalue weighted by Crippen LogP contribution is -2.26. The van der Waals surface area contributed by atoms with E-state index < -0.39 is 0 Å². The predicted octanol–water partition coefficient (Wildman–Crippen LogP) is 0.157. The van der Waals surface area contributed by atoms with Gasteiger partial charge in [-0.1, -0.05) is 6.92 Å². The lowest BCUT2D eigenvalue weighted by atomic mass is 10.3. The van der Waals surface area contributed by atoms with Crippen molar-refractivity contribution in [1.29, 1.82) is 0 Å². The third kappa shape index (κ3) is 3.97. The van der Waals surface area contributed by atoms with Crippen LogP contribution in [0.4, 0.5) is 0 Å². The molecule has 3 nitrogen and oxygen atoms in total. The lowest BCUT2D eigenvalue weighted by molar-refractivity contribution is -0.110. The summed E-state index contributed by atoms with van der Waals surface area (Å²) in [6.45, 7) is 2.62. The summed E-state index contributed by atoms with van der Waals surface area (Å²) in [7, 11) is 1.64. The van der Waals surface area contributed by atoms with E-state index in [0.29, 0.717) is 13.0 Å². The van der Waals surface area contributed by atoms with Gasteiger partial charge in [0.15, 0.2) is 0 Å². The highest BCUT2D eigenvalue weighted by atomic mass is 16.5. The van der Waals surface area contributed by atoms with Gasteiger partial charge in [0.2, 0.25) is 6.41 Å². The number of hydrogen-bond donors (Lipinski definition) is 1. The van der Waals surface area contributed by atoms with Crippen LogP contribution in [0.25, 0.3) is 0 Å². The Morgan fingerprint density at radius 1 is 1.78 bits per heavy atom. The molecule has 1 atom stereocenters. The molecule has 0 aromatic heterocycles. The first-order valence-corrected chi connectivity index (χ1v) is 3.05. The van der Waals surface area contributed by atoms with Crippen LogP contribution in [-0.4, -0.2) is 26.2 Å². The smallest absolute Gasteiger partial charge is 0.207 e. The molecule has 0 saturated carbocycles. The molecule has 0 aromatic carbocycles. The Morgan fingerprint density at radius 2 is 2.44 bits per heavy atom. The Hall–Kier alpha value is -0.570. The van der Waals surface area contributed by atoms with Gasteiger partial charge in [-0.15, -0.1) is 0 Å². The van der Waals surface area contributed by atoms with Crippen LogP contribution in [0.2, 0.25) is 0 Å². The van der Waals surface area contributed by atoms with Gasteiger partial charge in [0, 0.05) is 13.7 Å². The lowest BCUT2D eigenvalue weighted by Gasteiger charge is -2.10. The van der Waals surface area contributed by atoms with Crippen LogP contribution in [0.15, 0.2) is 0 Å². The highest BCUT2D eigenvalue weighted by molar-refractivity contribution is 5.45. The van der Waals surface area contributed by atoms with E-state index in [0.717, 1.165) is 6.42 Å². The van der Waals surface area contributed by atoms with Crippen molar-refractivity contribution < 1.29 is 9.53 Å². The third-order valence-corrected chi connectivity index (χ3v) is 1.22. The summed E-state index contributed by atoms with van der Waals surface area (Å²) < 4.78 is 4.98. The second-order valence-corrected chi connectivity index (χ2v) is 1.79. The minimum atomic E-state index is 0.162. The van der Waals surface area contributed by atoms with Crippen LogP contribution in [-0.2, 0) is 9.53 Å². The Bertz CT molecular complexity index is 71.5. The maximum atomic E-state index is 9.77. The van der Waals surface area contributed by atoms with E-state index in [2.05, 4.69) is 5.32 Å². The fourth-order valence-corrected chi connectivity index (χ4v) is 0.574. The van der Waals surface area contributed by atoms with E-state index >= 15 is 0 Å². The third-order valence-electron chi connectivity index (χ3n) is 1.22. The number of rotatable bonds is 5. The number of carbonyl (C=O) groups is 1. The second kappa shape index (κ2) is 5.56. The van der Waals surface area contributed by atoms with E-state index in [1.807, 2.05) is 6.92 Å². The van der Waals surface area contributed by atoms with Crippen LogP contribution in [0.5, 0.6) is 0 Å². The van der Waals surface area contributed by atoms with Gasteiger partial charge in [-0.2, -0.15) is 0 Å². The SMILES string of the molecule is CC[C@@H](CNC=O)OC. The first kappa shape index (κ1) is 8.43. The molecule has 0 spiro atoms. The molecule has 1 amide bonds. The molecule has 0 bridgehead atoms. The van der Waals surface area contributed by atoms with Crippen molar-refractivity contribution in [3.8, 4) is 0 Å². The first-order chi connectivity index (χ1) is 4.35. The van der Waals surface area contributed by atoms with E-state index in [-0.39, 0.29) is 6.10 Å². The van der Waals surface area contributed by atoms with Crippen LogP contribution >= 0.6 is 0 Å². The molecule has 0 fully saturated rings. The minimum Gasteiger partial charge on any atom is -0.380 e. The van der Waals surface area contributed by atoms with Crippen LogP contribution in [0, 0.1) is 0 Å². The van der Waals surface area contributed by atoms with Gasteiger partial charge in [-0.3, -0.25) is 4.79 Å². The van der Waals surface area contributed by atoms with Crippen molar-refractivity contribution in [2.75, 3.05) is 13.7 Å². The van der Waals surface area contributed by atoms with Gasteiger partial charge in [-0.25, -0.2) is 0 Å². The van der Waals surface area contributed by atoms with Gasteiger partial charge in [0.05, 0.1) is 6.10 Å². The zero-order chi connectivity index (χ0) is 7.11. The van der Waals surface area contributed by atoms with Gasteiger partial charge in [0.1, 0.15) is 0 Å². The minimum absolute atomic E-state index is 0.162. The highest BCUT2D eigenvalue weighted by Crippen LogP contribution is 1.91. The molecular weight excluding hydrogens is 118 g/mol. The Kier molecular flexibility index (Phi) is 5.21. The van der Waals surface area contributed by atoms with E-state index in [9.17, 15) is 4.79 Å². The molecule has 0 unspecified atom stereocenters. The summed E-state index contributed by atoms with van der Waals surface area (Å²) >= 11 is 0. The molecule has 0 aromatic rings. The first-order valence-electron chi connectivity index (χ1n) is 3.05. The number of nitrogens with one attached hydrogen (secondary N) is 1. The molecular formula is C6H13NO2. The molecule has 0 radical (unpaired) electrons. The summed E-state index contributed by atoms with van der Waals surface area (Å²) in [6.07, 6.45) is 1.77. The molecule has 0 aliphatic carbocycles. The summed E-state index contributed by atoms with van der Waals surface area (Å²) in [6, 6.07) is 0. The van der Waals surface area contributed by atoms with Gasteiger partial charge in [0.25, 0.3) is 0 Å². The number of ether oxygens (including phenoxy) is 1. The number of methoxy groups -OCH3 is 1. The predicted molar refractivity (Wildman–Crippen MR) is 35.2 cm³/mol. The largest absolute Gasteiger partial charge is 0.380 e. The molecule has 0 heterocycles. The van der Waals surface area contributed by atoms with Crippen molar-refractivity contribution >= 4 is 6.41 Å². The van der Waals surface area contributed by atoms with E-state index in [1.165, 1.54) is 0 Å². The van der Waals surface area contributed by atoms with Crippen LogP contribution < -0.4 is 5.32 Å². The zero-order valence-electron chi connectivity index (χ0n) is 5.89. The van der Waals surface area contributed by atoms with Gasteiger partial charge in [-0.05, 0) is 6.42 Å². The van der Waals surface area contributed by atoms with E-state index in [1.54, 1.807) is 7.11 Å². The maximum absolute atomic E-state index is 9.77. The monoisotopic (exact) mass is 131 g/mol. The van der Waals surface area contributed by atoms with Crippen molar-refractivity contribution in [2.24, 2.45) is 0 Å². The molecule has 0 rings (SSSR count). The summed E-state index contributed by atoms with van der Waals surface area (Å²) in [5.74, 6) is 0. The fourth-order valence-electron chi connectivity index (χ4n) is 0.574. The quantitative estimate of drug-likeness (QED) is 0.540.